The largest absolute Gasteiger partial charge is 0.382 e. The fraction of sp³-hybridized carbons (Fsp3) is 0.471. The second-order valence-corrected chi connectivity index (χ2v) is 5.05. The molecule has 0 fully saturated rings. The van der Waals surface area contributed by atoms with Crippen molar-refractivity contribution in [3.05, 3.63) is 42.2 Å². The van der Waals surface area contributed by atoms with Gasteiger partial charge in [-0.3, -0.25) is 4.98 Å². The van der Waals surface area contributed by atoms with Crippen LogP contribution in [0.1, 0.15) is 18.4 Å². The monoisotopic (exact) mass is 288 g/mol. The Bertz CT molecular complexity index is 531. The second kappa shape index (κ2) is 9.45. The molecule has 0 aliphatic rings. The van der Waals surface area contributed by atoms with Crippen molar-refractivity contribution in [3.8, 4) is 0 Å². The number of pyridine rings is 1. The molecule has 0 saturated heterocycles. The van der Waals surface area contributed by atoms with Crippen LogP contribution in [0.25, 0.3) is 10.8 Å². The number of methoxy groups -OCH3 is 1. The minimum Gasteiger partial charge on any atom is -0.382 e. The fourth-order valence-corrected chi connectivity index (χ4v) is 2.17. The summed E-state index contributed by atoms with van der Waals surface area (Å²) in [6.07, 6.45) is 5.95. The van der Waals surface area contributed by atoms with Crippen molar-refractivity contribution in [2.45, 2.75) is 19.4 Å². The number of aromatic nitrogens is 1. The summed E-state index contributed by atoms with van der Waals surface area (Å²) >= 11 is 0. The summed E-state index contributed by atoms with van der Waals surface area (Å²) in [6, 6.07) is 8.56. The molecule has 1 aromatic carbocycles. The summed E-state index contributed by atoms with van der Waals surface area (Å²) in [4.78, 5) is 4.13. The summed E-state index contributed by atoms with van der Waals surface area (Å²) < 4.78 is 10.4. The zero-order valence-corrected chi connectivity index (χ0v) is 12.7. The molecule has 0 unspecified atom stereocenters. The molecule has 0 bridgehead atoms. The SMILES string of the molecule is COCCOCCCCNCc1ccc2cnccc2c1. The lowest BCUT2D eigenvalue weighted by Gasteiger charge is -2.07. The molecular formula is C17H24N2O2. The molecule has 0 radical (unpaired) electrons. The van der Waals surface area contributed by atoms with E-state index in [9.17, 15) is 0 Å². The van der Waals surface area contributed by atoms with Crippen molar-refractivity contribution in [3.63, 3.8) is 0 Å². The fourth-order valence-electron chi connectivity index (χ4n) is 2.17. The molecular weight excluding hydrogens is 264 g/mol. The second-order valence-electron chi connectivity index (χ2n) is 5.05. The van der Waals surface area contributed by atoms with Crippen molar-refractivity contribution in [1.29, 1.82) is 0 Å². The first-order chi connectivity index (χ1) is 10.4. The molecule has 0 aliphatic heterocycles. The predicted molar refractivity (Wildman–Crippen MR) is 85.4 cm³/mol. The summed E-state index contributed by atoms with van der Waals surface area (Å²) in [5, 5.41) is 5.91. The Morgan fingerprint density at radius 3 is 2.90 bits per heavy atom. The van der Waals surface area contributed by atoms with E-state index in [-0.39, 0.29) is 0 Å². The van der Waals surface area contributed by atoms with Gasteiger partial charge in [-0.15, -0.1) is 0 Å². The number of unbranched alkanes of at least 4 members (excludes halogenated alkanes) is 1. The van der Waals surface area contributed by atoms with Crippen LogP contribution in [-0.2, 0) is 16.0 Å². The van der Waals surface area contributed by atoms with E-state index in [2.05, 4.69) is 34.6 Å². The van der Waals surface area contributed by atoms with Gasteiger partial charge in [0.05, 0.1) is 13.2 Å². The van der Waals surface area contributed by atoms with Gasteiger partial charge in [0, 0.05) is 38.0 Å². The molecule has 0 amide bonds. The van der Waals surface area contributed by atoms with Crippen LogP contribution in [0.2, 0.25) is 0 Å². The van der Waals surface area contributed by atoms with Gasteiger partial charge in [0.1, 0.15) is 0 Å². The maximum Gasteiger partial charge on any atom is 0.0700 e. The van der Waals surface area contributed by atoms with Crippen molar-refractivity contribution in [1.82, 2.24) is 10.3 Å². The Labute approximate surface area is 126 Å². The molecule has 1 N–H and O–H groups in total. The summed E-state index contributed by atoms with van der Waals surface area (Å²) in [5.41, 5.74) is 1.31. The van der Waals surface area contributed by atoms with Gasteiger partial charge in [0.25, 0.3) is 0 Å². The zero-order valence-electron chi connectivity index (χ0n) is 12.7. The van der Waals surface area contributed by atoms with E-state index in [1.54, 1.807) is 7.11 Å². The third-order valence-corrected chi connectivity index (χ3v) is 3.36. The van der Waals surface area contributed by atoms with Crippen molar-refractivity contribution >= 4 is 10.8 Å². The Morgan fingerprint density at radius 2 is 2.00 bits per heavy atom. The Morgan fingerprint density at radius 1 is 1.05 bits per heavy atom. The average molecular weight is 288 g/mol. The molecule has 1 heterocycles. The Hall–Kier alpha value is -1.49. The summed E-state index contributed by atoms with van der Waals surface area (Å²) in [6.45, 7) is 4.10. The van der Waals surface area contributed by atoms with Crippen LogP contribution in [-0.4, -0.2) is 38.5 Å². The zero-order chi connectivity index (χ0) is 14.8. The number of nitrogens with one attached hydrogen (secondary N) is 1. The van der Waals surface area contributed by atoms with Gasteiger partial charge in [-0.25, -0.2) is 0 Å². The summed E-state index contributed by atoms with van der Waals surface area (Å²) in [7, 11) is 1.69. The topological polar surface area (TPSA) is 43.4 Å². The number of hydrogen-bond donors (Lipinski definition) is 1. The van der Waals surface area contributed by atoms with E-state index >= 15 is 0 Å². The highest BCUT2D eigenvalue weighted by Crippen LogP contribution is 2.14. The Kier molecular flexibility index (Phi) is 7.15. The lowest BCUT2D eigenvalue weighted by molar-refractivity contribution is 0.0688. The van der Waals surface area contributed by atoms with Gasteiger partial charge in [-0.05, 0) is 42.5 Å². The number of ether oxygens (including phenoxy) is 2. The van der Waals surface area contributed by atoms with Gasteiger partial charge >= 0.3 is 0 Å². The lowest BCUT2D eigenvalue weighted by Crippen LogP contribution is -2.15. The smallest absolute Gasteiger partial charge is 0.0700 e. The number of hydrogen-bond acceptors (Lipinski definition) is 4. The lowest BCUT2D eigenvalue weighted by atomic mass is 10.1. The molecule has 1 aromatic heterocycles. The van der Waals surface area contributed by atoms with Crippen LogP contribution in [0.15, 0.2) is 36.7 Å². The highest BCUT2D eigenvalue weighted by atomic mass is 16.5. The van der Waals surface area contributed by atoms with E-state index in [1.807, 2.05) is 12.4 Å². The molecule has 114 valence electrons. The van der Waals surface area contributed by atoms with Crippen LogP contribution in [0.4, 0.5) is 0 Å². The van der Waals surface area contributed by atoms with Gasteiger partial charge in [0.15, 0.2) is 0 Å². The quantitative estimate of drug-likeness (QED) is 0.683. The maximum atomic E-state index is 5.43. The van der Waals surface area contributed by atoms with Crippen LogP contribution in [0.3, 0.4) is 0 Å². The minimum atomic E-state index is 0.676. The number of rotatable bonds is 10. The van der Waals surface area contributed by atoms with Gasteiger partial charge in [0.2, 0.25) is 0 Å². The molecule has 0 saturated carbocycles. The normalized spacial score (nSPS) is 11.1. The van der Waals surface area contributed by atoms with Gasteiger partial charge < -0.3 is 14.8 Å². The molecule has 0 atom stereocenters. The predicted octanol–water partition coefficient (Wildman–Crippen LogP) is 2.77. The van der Waals surface area contributed by atoms with Gasteiger partial charge in [-0.2, -0.15) is 0 Å². The van der Waals surface area contributed by atoms with Gasteiger partial charge in [-0.1, -0.05) is 12.1 Å². The van der Waals surface area contributed by atoms with Crippen molar-refractivity contribution < 1.29 is 9.47 Å². The maximum absolute atomic E-state index is 5.43. The number of benzene rings is 1. The van der Waals surface area contributed by atoms with Crippen LogP contribution in [0.5, 0.6) is 0 Å². The third-order valence-electron chi connectivity index (χ3n) is 3.36. The Balaban J connectivity index is 1.59. The van der Waals surface area contributed by atoms with Crippen LogP contribution >= 0.6 is 0 Å². The number of nitrogens with zero attached hydrogens (tertiary/aromatic N) is 1. The highest BCUT2D eigenvalue weighted by Gasteiger charge is 1.96. The molecule has 4 heteroatoms. The molecule has 21 heavy (non-hydrogen) atoms. The van der Waals surface area contributed by atoms with Crippen LogP contribution in [0, 0.1) is 0 Å². The highest BCUT2D eigenvalue weighted by molar-refractivity contribution is 5.81. The minimum absolute atomic E-state index is 0.676. The van der Waals surface area contributed by atoms with E-state index in [0.717, 1.165) is 32.5 Å². The van der Waals surface area contributed by atoms with E-state index < -0.39 is 0 Å². The third kappa shape index (κ3) is 5.79. The van der Waals surface area contributed by atoms with E-state index in [0.29, 0.717) is 13.2 Å². The van der Waals surface area contributed by atoms with E-state index in [1.165, 1.54) is 16.3 Å². The first kappa shape index (κ1) is 15.9. The summed E-state index contributed by atoms with van der Waals surface area (Å²) in [5.74, 6) is 0. The first-order valence-electron chi connectivity index (χ1n) is 7.50. The molecule has 2 aromatic rings. The molecule has 0 spiro atoms. The van der Waals surface area contributed by atoms with E-state index in [4.69, 9.17) is 9.47 Å². The van der Waals surface area contributed by atoms with Crippen molar-refractivity contribution in [2.75, 3.05) is 33.5 Å². The molecule has 2 rings (SSSR count). The first-order valence-corrected chi connectivity index (χ1v) is 7.50. The standard InChI is InChI=1S/C17H24N2O2/c1-20-10-11-21-9-3-2-7-18-13-15-4-5-17-14-19-8-6-16(17)12-15/h4-6,8,12,14,18H,2-3,7,9-11,13H2,1H3. The number of fused-ring (bicyclic) bond motifs is 1. The molecule has 0 aliphatic carbocycles. The van der Waals surface area contributed by atoms with Crippen molar-refractivity contribution in [2.24, 2.45) is 0 Å². The molecule has 4 nitrogen and oxygen atoms in total. The average Bonchev–Trinajstić information content (AvgIpc) is 2.53. The van der Waals surface area contributed by atoms with Crippen LogP contribution < -0.4 is 5.32 Å².